The van der Waals surface area contributed by atoms with E-state index in [9.17, 15) is 4.39 Å². The van der Waals surface area contributed by atoms with Crippen molar-refractivity contribution in [3.05, 3.63) is 59.9 Å². The van der Waals surface area contributed by atoms with E-state index in [1.54, 1.807) is 19.2 Å². The van der Waals surface area contributed by atoms with Crippen molar-refractivity contribution in [2.24, 2.45) is 0 Å². The largest absolute Gasteiger partial charge is 0.497 e. The molecule has 0 heterocycles. The van der Waals surface area contributed by atoms with Crippen LogP contribution in [0.5, 0.6) is 5.75 Å². The molecule has 5 heteroatoms. The van der Waals surface area contributed by atoms with Crippen LogP contribution in [0.2, 0.25) is 0 Å². The van der Waals surface area contributed by atoms with Gasteiger partial charge >= 0.3 is 0 Å². The molecule has 0 saturated carbocycles. The molecule has 2 aromatic rings. The van der Waals surface area contributed by atoms with Crippen LogP contribution in [-0.2, 0) is 6.42 Å². The van der Waals surface area contributed by atoms with E-state index < -0.39 is 0 Å². The molecule has 110 valence electrons. The van der Waals surface area contributed by atoms with Gasteiger partial charge in [0, 0.05) is 18.3 Å². The fraction of sp³-hybridized carbons (Fsp3) is 0.188. The number of hydrogen-bond acceptors (Lipinski definition) is 2. The Morgan fingerprint density at radius 2 is 1.95 bits per heavy atom. The Morgan fingerprint density at radius 3 is 2.67 bits per heavy atom. The predicted octanol–water partition coefficient (Wildman–Crippen LogP) is 3.36. The van der Waals surface area contributed by atoms with E-state index in [1.807, 2.05) is 24.3 Å². The van der Waals surface area contributed by atoms with Gasteiger partial charge in [0.15, 0.2) is 5.11 Å². The van der Waals surface area contributed by atoms with Crippen molar-refractivity contribution in [2.75, 3.05) is 19.0 Å². The van der Waals surface area contributed by atoms with Crippen molar-refractivity contribution in [2.45, 2.75) is 6.42 Å². The van der Waals surface area contributed by atoms with Gasteiger partial charge in [0.2, 0.25) is 0 Å². The number of benzene rings is 2. The first-order valence-electron chi connectivity index (χ1n) is 6.61. The van der Waals surface area contributed by atoms with Crippen molar-refractivity contribution < 1.29 is 9.13 Å². The Bertz CT molecular complexity index is 601. The van der Waals surface area contributed by atoms with E-state index >= 15 is 0 Å². The van der Waals surface area contributed by atoms with Crippen molar-refractivity contribution in [3.8, 4) is 5.75 Å². The molecule has 0 saturated heterocycles. The van der Waals surface area contributed by atoms with Gasteiger partial charge in [0.25, 0.3) is 0 Å². The van der Waals surface area contributed by atoms with Crippen LogP contribution < -0.4 is 15.4 Å². The molecule has 0 aliphatic heterocycles. The average molecular weight is 304 g/mol. The molecule has 2 aromatic carbocycles. The van der Waals surface area contributed by atoms with Gasteiger partial charge in [0.05, 0.1) is 7.11 Å². The van der Waals surface area contributed by atoms with Gasteiger partial charge in [-0.1, -0.05) is 18.2 Å². The zero-order chi connectivity index (χ0) is 15.1. The van der Waals surface area contributed by atoms with E-state index in [1.165, 1.54) is 12.1 Å². The summed E-state index contributed by atoms with van der Waals surface area (Å²) in [5.41, 5.74) is 1.93. The highest BCUT2D eigenvalue weighted by Crippen LogP contribution is 2.16. The number of methoxy groups -OCH3 is 1. The summed E-state index contributed by atoms with van der Waals surface area (Å²) in [6, 6.07) is 14.0. The third kappa shape index (κ3) is 5.04. The second kappa shape index (κ2) is 7.59. The number of hydrogen-bond donors (Lipinski definition) is 2. The highest BCUT2D eigenvalue weighted by molar-refractivity contribution is 7.80. The summed E-state index contributed by atoms with van der Waals surface area (Å²) in [4.78, 5) is 0. The quantitative estimate of drug-likeness (QED) is 0.830. The lowest BCUT2D eigenvalue weighted by Crippen LogP contribution is -2.30. The Morgan fingerprint density at radius 1 is 1.19 bits per heavy atom. The molecule has 3 nitrogen and oxygen atoms in total. The standard InChI is InChI=1S/C16H17FN2OS/c1-20-15-4-2-3-14(11-15)19-16(21)18-10-9-12-5-7-13(17)8-6-12/h2-8,11H,9-10H2,1H3,(H2,18,19,21). The van der Waals surface area contributed by atoms with Crippen molar-refractivity contribution in [1.82, 2.24) is 5.32 Å². The van der Waals surface area contributed by atoms with Crippen LogP contribution in [-0.4, -0.2) is 18.8 Å². The normalized spacial score (nSPS) is 10.0. The molecule has 0 spiro atoms. The fourth-order valence-corrected chi connectivity index (χ4v) is 2.07. The Hall–Kier alpha value is -2.14. The fourth-order valence-electron chi connectivity index (χ4n) is 1.85. The maximum absolute atomic E-state index is 12.8. The van der Waals surface area contributed by atoms with Crippen LogP contribution in [0.1, 0.15) is 5.56 Å². The van der Waals surface area contributed by atoms with E-state index in [0.29, 0.717) is 11.7 Å². The van der Waals surface area contributed by atoms with Crippen LogP contribution in [0, 0.1) is 5.82 Å². The van der Waals surface area contributed by atoms with Gasteiger partial charge < -0.3 is 15.4 Å². The number of thiocarbonyl (C=S) groups is 1. The number of anilines is 1. The van der Waals surface area contributed by atoms with Crippen molar-refractivity contribution >= 4 is 23.0 Å². The minimum absolute atomic E-state index is 0.220. The first-order chi connectivity index (χ1) is 10.2. The van der Waals surface area contributed by atoms with Gasteiger partial charge in [-0.2, -0.15) is 0 Å². The molecule has 2 rings (SSSR count). The zero-order valence-corrected chi connectivity index (χ0v) is 12.5. The highest BCUT2D eigenvalue weighted by Gasteiger charge is 2.00. The maximum Gasteiger partial charge on any atom is 0.170 e. The number of halogens is 1. The van der Waals surface area contributed by atoms with Gasteiger partial charge in [-0.15, -0.1) is 0 Å². The smallest absolute Gasteiger partial charge is 0.170 e. The Labute approximate surface area is 129 Å². The average Bonchev–Trinajstić information content (AvgIpc) is 2.49. The summed E-state index contributed by atoms with van der Waals surface area (Å²) < 4.78 is 17.9. The molecular weight excluding hydrogens is 287 g/mol. The molecule has 0 fully saturated rings. The third-order valence-corrected chi connectivity index (χ3v) is 3.19. The molecule has 0 aliphatic rings. The van der Waals surface area contributed by atoms with E-state index in [4.69, 9.17) is 17.0 Å². The lowest BCUT2D eigenvalue weighted by Gasteiger charge is -2.11. The van der Waals surface area contributed by atoms with Gasteiger partial charge in [0.1, 0.15) is 11.6 Å². The van der Waals surface area contributed by atoms with Crippen LogP contribution in [0.15, 0.2) is 48.5 Å². The summed E-state index contributed by atoms with van der Waals surface area (Å²) in [7, 11) is 1.62. The SMILES string of the molecule is COc1cccc(NC(=S)NCCc2ccc(F)cc2)c1. The van der Waals surface area contributed by atoms with Crippen molar-refractivity contribution in [3.63, 3.8) is 0 Å². The first kappa shape index (κ1) is 15.3. The predicted molar refractivity (Wildman–Crippen MR) is 87.3 cm³/mol. The monoisotopic (exact) mass is 304 g/mol. The molecule has 0 radical (unpaired) electrons. The summed E-state index contributed by atoms with van der Waals surface area (Å²) in [6.07, 6.45) is 0.778. The summed E-state index contributed by atoms with van der Waals surface area (Å²) in [6.45, 7) is 0.682. The van der Waals surface area contributed by atoms with Crippen LogP contribution in [0.4, 0.5) is 10.1 Å². The molecule has 0 aliphatic carbocycles. The number of ether oxygens (including phenoxy) is 1. The van der Waals surface area contributed by atoms with Crippen LogP contribution >= 0.6 is 12.2 Å². The number of nitrogens with one attached hydrogen (secondary N) is 2. The lowest BCUT2D eigenvalue weighted by molar-refractivity contribution is 0.415. The van der Waals surface area contributed by atoms with E-state index in [-0.39, 0.29) is 5.82 Å². The minimum Gasteiger partial charge on any atom is -0.497 e. The van der Waals surface area contributed by atoms with Crippen molar-refractivity contribution in [1.29, 1.82) is 0 Å². The Kier molecular flexibility index (Phi) is 5.51. The van der Waals surface area contributed by atoms with Gasteiger partial charge in [-0.05, 0) is 48.5 Å². The minimum atomic E-state index is -0.220. The molecule has 0 unspecified atom stereocenters. The molecule has 0 bridgehead atoms. The molecule has 0 aromatic heterocycles. The Balaban J connectivity index is 1.78. The second-order valence-electron chi connectivity index (χ2n) is 4.49. The molecule has 21 heavy (non-hydrogen) atoms. The zero-order valence-electron chi connectivity index (χ0n) is 11.7. The summed E-state index contributed by atoms with van der Waals surface area (Å²) in [5.74, 6) is 0.552. The third-order valence-electron chi connectivity index (χ3n) is 2.94. The van der Waals surface area contributed by atoms with Crippen LogP contribution in [0.25, 0.3) is 0 Å². The van der Waals surface area contributed by atoms with E-state index in [2.05, 4.69) is 10.6 Å². The summed E-state index contributed by atoms with van der Waals surface area (Å²) in [5, 5.41) is 6.76. The first-order valence-corrected chi connectivity index (χ1v) is 7.01. The summed E-state index contributed by atoms with van der Waals surface area (Å²) >= 11 is 5.23. The maximum atomic E-state index is 12.8. The lowest BCUT2D eigenvalue weighted by atomic mass is 10.1. The highest BCUT2D eigenvalue weighted by atomic mass is 32.1. The van der Waals surface area contributed by atoms with Gasteiger partial charge in [-0.3, -0.25) is 0 Å². The van der Waals surface area contributed by atoms with E-state index in [0.717, 1.165) is 23.4 Å². The molecule has 2 N–H and O–H groups in total. The second-order valence-corrected chi connectivity index (χ2v) is 4.90. The number of rotatable bonds is 5. The molecular formula is C16H17FN2OS. The van der Waals surface area contributed by atoms with Gasteiger partial charge in [-0.25, -0.2) is 4.39 Å². The molecule has 0 atom stereocenters. The topological polar surface area (TPSA) is 33.3 Å². The van der Waals surface area contributed by atoms with Crippen LogP contribution in [0.3, 0.4) is 0 Å². The molecule has 0 amide bonds.